The zero-order valence-electron chi connectivity index (χ0n) is 22.3. The van der Waals surface area contributed by atoms with Crippen LogP contribution >= 0.6 is 0 Å². The number of nitrogens with zero attached hydrogens (tertiary/aromatic N) is 2. The fraction of sp³-hybridized carbons (Fsp3) is 0.290. The molecule has 3 aromatic rings. The van der Waals surface area contributed by atoms with E-state index in [-0.39, 0.29) is 29.1 Å². The van der Waals surface area contributed by atoms with E-state index in [1.807, 2.05) is 25.1 Å². The van der Waals surface area contributed by atoms with Gasteiger partial charge in [-0.25, -0.2) is 0 Å². The number of aromatic nitrogens is 1. The number of benzene rings is 2. The Bertz CT molecular complexity index is 1400. The van der Waals surface area contributed by atoms with Crippen molar-refractivity contribution < 1.29 is 24.2 Å². The van der Waals surface area contributed by atoms with Crippen molar-refractivity contribution in [2.75, 3.05) is 11.5 Å². The van der Waals surface area contributed by atoms with Crippen molar-refractivity contribution in [1.29, 1.82) is 0 Å². The monoisotopic (exact) mass is 512 g/mol. The van der Waals surface area contributed by atoms with E-state index in [0.717, 1.165) is 16.7 Å². The average molecular weight is 513 g/mol. The van der Waals surface area contributed by atoms with E-state index in [9.17, 15) is 19.5 Å². The number of Topliss-reactive ketones (excluding diaryl/α,β-unsaturated/α-hetero) is 1. The molecule has 0 spiro atoms. The van der Waals surface area contributed by atoms with Crippen LogP contribution in [0.2, 0.25) is 0 Å². The number of esters is 1. The molecule has 1 aliphatic rings. The van der Waals surface area contributed by atoms with Crippen LogP contribution in [0.4, 0.5) is 5.69 Å². The van der Waals surface area contributed by atoms with E-state index in [1.54, 1.807) is 55.7 Å². The zero-order chi connectivity index (χ0) is 27.6. The highest BCUT2D eigenvalue weighted by Crippen LogP contribution is 2.42. The number of aliphatic hydroxyl groups is 1. The minimum Gasteiger partial charge on any atom is -0.507 e. The summed E-state index contributed by atoms with van der Waals surface area (Å²) in [5, 5.41) is 11.6. The summed E-state index contributed by atoms with van der Waals surface area (Å²) >= 11 is 0. The Morgan fingerprint density at radius 2 is 1.79 bits per heavy atom. The Balaban J connectivity index is 1.84. The number of rotatable bonds is 6. The second kappa shape index (κ2) is 10.6. The van der Waals surface area contributed by atoms with Crippen molar-refractivity contribution in [1.82, 2.24) is 4.98 Å². The normalized spacial score (nSPS) is 17.1. The van der Waals surface area contributed by atoms with Crippen LogP contribution in [0.15, 0.2) is 72.6 Å². The number of ketones is 1. The number of hydrogen-bond donors (Lipinski definition) is 1. The van der Waals surface area contributed by atoms with Gasteiger partial charge in [-0.1, -0.05) is 51.1 Å². The molecule has 1 aliphatic heterocycles. The highest BCUT2D eigenvalue weighted by atomic mass is 16.5. The van der Waals surface area contributed by atoms with Crippen LogP contribution in [0.1, 0.15) is 61.6 Å². The predicted octanol–water partition coefficient (Wildman–Crippen LogP) is 5.42. The summed E-state index contributed by atoms with van der Waals surface area (Å²) in [6.45, 7) is 10.1. The summed E-state index contributed by atoms with van der Waals surface area (Å²) in [6.07, 6.45) is 3.30. The molecule has 1 N–H and O–H groups in total. The number of amides is 1. The molecule has 1 fully saturated rings. The molecular formula is C31H32N2O5. The zero-order valence-corrected chi connectivity index (χ0v) is 22.3. The summed E-state index contributed by atoms with van der Waals surface area (Å²) < 4.78 is 5.01. The van der Waals surface area contributed by atoms with Crippen LogP contribution in [-0.2, 0) is 31.0 Å². The Labute approximate surface area is 222 Å². The van der Waals surface area contributed by atoms with Crippen molar-refractivity contribution in [2.45, 2.75) is 52.5 Å². The van der Waals surface area contributed by atoms with Crippen LogP contribution in [0, 0.1) is 6.92 Å². The van der Waals surface area contributed by atoms with Gasteiger partial charge in [-0.2, -0.15) is 0 Å². The largest absolute Gasteiger partial charge is 0.507 e. The average Bonchev–Trinajstić information content (AvgIpc) is 3.14. The fourth-order valence-electron chi connectivity index (χ4n) is 4.59. The second-order valence-corrected chi connectivity index (χ2v) is 10.4. The lowest BCUT2D eigenvalue weighted by Crippen LogP contribution is -2.29. The van der Waals surface area contributed by atoms with Gasteiger partial charge in [0.05, 0.1) is 24.6 Å². The van der Waals surface area contributed by atoms with Crippen LogP contribution < -0.4 is 4.90 Å². The quantitative estimate of drug-likeness (QED) is 0.205. The highest BCUT2D eigenvalue weighted by Gasteiger charge is 2.47. The predicted molar refractivity (Wildman–Crippen MR) is 146 cm³/mol. The van der Waals surface area contributed by atoms with Crippen molar-refractivity contribution >= 4 is 29.1 Å². The lowest BCUT2D eigenvalue weighted by molar-refractivity contribution is -0.142. The number of hydrogen-bond acceptors (Lipinski definition) is 6. The van der Waals surface area contributed by atoms with Crippen molar-refractivity contribution in [3.8, 4) is 0 Å². The van der Waals surface area contributed by atoms with E-state index < -0.39 is 17.7 Å². The smallest absolute Gasteiger partial charge is 0.310 e. The molecule has 0 radical (unpaired) electrons. The van der Waals surface area contributed by atoms with Crippen molar-refractivity contribution in [2.24, 2.45) is 0 Å². The van der Waals surface area contributed by atoms with Gasteiger partial charge in [0.2, 0.25) is 0 Å². The molecule has 38 heavy (non-hydrogen) atoms. The van der Waals surface area contributed by atoms with Crippen LogP contribution in [0.5, 0.6) is 0 Å². The van der Waals surface area contributed by atoms with Gasteiger partial charge in [0.1, 0.15) is 5.76 Å². The van der Waals surface area contributed by atoms with Crippen LogP contribution in [-0.4, -0.2) is 34.4 Å². The second-order valence-electron chi connectivity index (χ2n) is 10.4. The summed E-state index contributed by atoms with van der Waals surface area (Å²) in [5.74, 6) is -2.08. The molecule has 2 aromatic carbocycles. The molecule has 196 valence electrons. The SMILES string of the molecule is CCOC(=O)Cc1ccc(N2C(=O)C(=O)/C(=C(/O)c3cc(C(C)(C)C)ccc3C)C2c2cccnc2)cc1. The van der Waals surface area contributed by atoms with Gasteiger partial charge in [0, 0.05) is 23.6 Å². The Kier molecular flexibility index (Phi) is 7.49. The molecule has 2 heterocycles. The summed E-state index contributed by atoms with van der Waals surface area (Å²) in [6, 6.07) is 15.2. The first-order valence-corrected chi connectivity index (χ1v) is 12.6. The maximum Gasteiger partial charge on any atom is 0.310 e. The van der Waals surface area contributed by atoms with E-state index in [2.05, 4.69) is 25.8 Å². The van der Waals surface area contributed by atoms with Crippen molar-refractivity contribution in [3.05, 3.63) is 100 Å². The van der Waals surface area contributed by atoms with Gasteiger partial charge in [-0.3, -0.25) is 24.3 Å². The topological polar surface area (TPSA) is 96.8 Å². The minimum absolute atomic E-state index is 0.00718. The molecule has 0 saturated carbocycles. The molecular weight excluding hydrogens is 480 g/mol. The molecule has 1 saturated heterocycles. The van der Waals surface area contributed by atoms with Crippen LogP contribution in [0.25, 0.3) is 5.76 Å². The first-order chi connectivity index (χ1) is 18.0. The molecule has 1 amide bonds. The molecule has 1 aromatic heterocycles. The Hall–Kier alpha value is -4.26. The maximum absolute atomic E-state index is 13.5. The highest BCUT2D eigenvalue weighted by molar-refractivity contribution is 6.51. The molecule has 4 rings (SSSR count). The van der Waals surface area contributed by atoms with Gasteiger partial charge >= 0.3 is 5.97 Å². The number of anilines is 1. The Morgan fingerprint density at radius 3 is 2.39 bits per heavy atom. The molecule has 0 aliphatic carbocycles. The summed E-state index contributed by atoms with van der Waals surface area (Å²) in [5.41, 5.74) is 3.89. The van der Waals surface area contributed by atoms with Crippen molar-refractivity contribution in [3.63, 3.8) is 0 Å². The summed E-state index contributed by atoms with van der Waals surface area (Å²) in [4.78, 5) is 44.4. The van der Waals surface area contributed by atoms with Gasteiger partial charge < -0.3 is 9.84 Å². The Morgan fingerprint density at radius 1 is 1.08 bits per heavy atom. The van der Waals surface area contributed by atoms with Crippen LogP contribution in [0.3, 0.4) is 0 Å². The lowest BCUT2D eigenvalue weighted by Gasteiger charge is -2.26. The summed E-state index contributed by atoms with van der Waals surface area (Å²) in [7, 11) is 0. The van der Waals surface area contributed by atoms with Gasteiger partial charge in [0.15, 0.2) is 0 Å². The third-order valence-corrected chi connectivity index (χ3v) is 6.67. The molecule has 7 nitrogen and oxygen atoms in total. The third-order valence-electron chi connectivity index (χ3n) is 6.67. The fourth-order valence-corrected chi connectivity index (χ4v) is 4.59. The van der Waals surface area contributed by atoms with Gasteiger partial charge in [-0.05, 0) is 65.8 Å². The standard InChI is InChI=1S/C31H32N2O5/c1-6-38-25(34)16-20-10-13-23(14-11-20)33-27(21-8-7-15-32-18-21)26(29(36)30(33)37)28(35)24-17-22(31(3,4)5)12-9-19(24)2/h7-15,17-18,27,35H,6,16H2,1-5H3/b28-26+. The first kappa shape index (κ1) is 26.8. The minimum atomic E-state index is -0.878. The molecule has 0 bridgehead atoms. The number of ether oxygens (including phenoxy) is 1. The number of aliphatic hydroxyl groups excluding tert-OH is 1. The number of aryl methyl sites for hydroxylation is 1. The maximum atomic E-state index is 13.5. The molecule has 1 atom stereocenters. The van der Waals surface area contributed by atoms with Gasteiger partial charge in [-0.15, -0.1) is 0 Å². The lowest BCUT2D eigenvalue weighted by atomic mass is 9.84. The van der Waals surface area contributed by atoms with E-state index >= 15 is 0 Å². The molecule has 7 heteroatoms. The van der Waals surface area contributed by atoms with E-state index in [4.69, 9.17) is 4.74 Å². The van der Waals surface area contributed by atoms with E-state index in [1.165, 1.54) is 4.90 Å². The van der Waals surface area contributed by atoms with Gasteiger partial charge in [0.25, 0.3) is 11.7 Å². The first-order valence-electron chi connectivity index (χ1n) is 12.6. The molecule has 1 unspecified atom stereocenters. The third kappa shape index (κ3) is 5.23. The van der Waals surface area contributed by atoms with E-state index in [0.29, 0.717) is 23.4 Å². The number of pyridine rings is 1. The number of carbonyl (C=O) groups excluding carboxylic acids is 3. The number of carbonyl (C=O) groups is 3.